The second-order valence-electron chi connectivity index (χ2n) is 4.69. The van der Waals surface area contributed by atoms with Gasteiger partial charge in [-0.2, -0.15) is 5.26 Å². The van der Waals surface area contributed by atoms with Crippen LogP contribution in [0.5, 0.6) is 0 Å². The van der Waals surface area contributed by atoms with Gasteiger partial charge in [0, 0.05) is 22.3 Å². The number of aliphatic hydroxyl groups is 1. The van der Waals surface area contributed by atoms with Crippen molar-refractivity contribution < 1.29 is 9.90 Å². The van der Waals surface area contributed by atoms with Crippen molar-refractivity contribution in [1.29, 1.82) is 5.26 Å². The molecule has 0 bridgehead atoms. The van der Waals surface area contributed by atoms with Crippen molar-refractivity contribution in [1.82, 2.24) is 0 Å². The predicted octanol–water partition coefficient (Wildman–Crippen LogP) is 2.30. The number of carbonyl (C=O) groups excluding carboxylic acids is 1. The zero-order chi connectivity index (χ0) is 13.6. The summed E-state index contributed by atoms with van der Waals surface area (Å²) in [6.07, 6.45) is 0. The van der Waals surface area contributed by atoms with Crippen molar-refractivity contribution in [2.45, 2.75) is 12.5 Å². The van der Waals surface area contributed by atoms with Crippen LogP contribution in [0, 0.1) is 18.3 Å². The molecule has 1 atom stereocenters. The molecule has 92 valence electrons. The topological polar surface area (TPSA) is 61.1 Å². The zero-order valence-electron chi connectivity index (χ0n) is 10.3. The molecular weight excluding hydrogens is 238 g/mol. The Morgan fingerprint density at radius 2 is 1.79 bits per heavy atom. The third-order valence-electron chi connectivity index (χ3n) is 3.60. The number of nitriles is 1. The lowest BCUT2D eigenvalue weighted by molar-refractivity contribution is 0.0976. The van der Waals surface area contributed by atoms with Crippen LogP contribution < -0.4 is 0 Å². The lowest BCUT2D eigenvalue weighted by Crippen LogP contribution is -2.35. The highest BCUT2D eigenvalue weighted by molar-refractivity contribution is 6.13. The van der Waals surface area contributed by atoms with Crippen molar-refractivity contribution >= 4 is 5.78 Å². The first-order chi connectivity index (χ1) is 9.09. The highest BCUT2D eigenvalue weighted by Gasteiger charge is 2.43. The minimum Gasteiger partial charge on any atom is -0.368 e. The predicted molar refractivity (Wildman–Crippen MR) is 69.7 cm³/mol. The standard InChI is InChI=1S/C16H11NO2/c1-10-5-4-7-12-14(10)16(19,9-17)13-8-3-2-6-11(13)15(12)18/h2-8,19H,1H3. The Kier molecular flexibility index (Phi) is 2.31. The van der Waals surface area contributed by atoms with E-state index in [-0.39, 0.29) is 5.78 Å². The maximum absolute atomic E-state index is 12.4. The fourth-order valence-corrected chi connectivity index (χ4v) is 2.73. The molecule has 0 heterocycles. The second kappa shape index (κ2) is 3.78. The maximum atomic E-state index is 12.4. The number of rotatable bonds is 0. The van der Waals surface area contributed by atoms with Crippen LogP contribution in [0.2, 0.25) is 0 Å². The van der Waals surface area contributed by atoms with Crippen LogP contribution in [0.15, 0.2) is 42.5 Å². The van der Waals surface area contributed by atoms with Gasteiger partial charge in [0.15, 0.2) is 5.78 Å². The van der Waals surface area contributed by atoms with E-state index in [1.54, 1.807) is 49.4 Å². The van der Waals surface area contributed by atoms with Gasteiger partial charge in [0.05, 0.1) is 0 Å². The summed E-state index contributed by atoms with van der Waals surface area (Å²) < 4.78 is 0. The summed E-state index contributed by atoms with van der Waals surface area (Å²) in [4.78, 5) is 12.4. The molecule has 2 aromatic carbocycles. The van der Waals surface area contributed by atoms with Gasteiger partial charge in [-0.05, 0) is 12.5 Å². The summed E-state index contributed by atoms with van der Waals surface area (Å²) in [5, 5.41) is 20.2. The minimum atomic E-state index is -1.76. The average molecular weight is 249 g/mol. The van der Waals surface area contributed by atoms with Gasteiger partial charge in [0.25, 0.3) is 0 Å². The lowest BCUT2D eigenvalue weighted by atomic mass is 9.73. The van der Waals surface area contributed by atoms with E-state index in [2.05, 4.69) is 0 Å². The summed E-state index contributed by atoms with van der Waals surface area (Å²) in [6.45, 7) is 1.79. The van der Waals surface area contributed by atoms with Gasteiger partial charge in [-0.3, -0.25) is 4.79 Å². The molecule has 0 amide bonds. The van der Waals surface area contributed by atoms with Gasteiger partial charge in [-0.1, -0.05) is 42.5 Å². The number of carbonyl (C=O) groups is 1. The van der Waals surface area contributed by atoms with Crippen molar-refractivity contribution in [2.75, 3.05) is 0 Å². The Bertz CT molecular complexity index is 743. The first-order valence-corrected chi connectivity index (χ1v) is 5.97. The molecule has 0 spiro atoms. The number of aryl methyl sites for hydroxylation is 1. The molecule has 0 aromatic heterocycles. The Morgan fingerprint density at radius 3 is 2.53 bits per heavy atom. The molecule has 1 N–H and O–H groups in total. The monoisotopic (exact) mass is 249 g/mol. The third-order valence-corrected chi connectivity index (χ3v) is 3.60. The van der Waals surface area contributed by atoms with E-state index in [1.165, 1.54) is 0 Å². The fraction of sp³-hybridized carbons (Fsp3) is 0.125. The van der Waals surface area contributed by atoms with Crippen LogP contribution in [0.4, 0.5) is 0 Å². The maximum Gasteiger partial charge on any atom is 0.204 e. The normalized spacial score (nSPS) is 20.4. The zero-order valence-corrected chi connectivity index (χ0v) is 10.3. The van der Waals surface area contributed by atoms with Crippen LogP contribution in [0.25, 0.3) is 0 Å². The first kappa shape index (κ1) is 11.6. The molecule has 3 rings (SSSR count). The van der Waals surface area contributed by atoms with E-state index in [9.17, 15) is 15.2 Å². The van der Waals surface area contributed by atoms with Crippen molar-refractivity contribution in [3.63, 3.8) is 0 Å². The van der Waals surface area contributed by atoms with Crippen LogP contribution in [-0.2, 0) is 5.60 Å². The van der Waals surface area contributed by atoms with Gasteiger partial charge >= 0.3 is 0 Å². The fourth-order valence-electron chi connectivity index (χ4n) is 2.73. The smallest absolute Gasteiger partial charge is 0.204 e. The highest BCUT2D eigenvalue weighted by Crippen LogP contribution is 2.40. The molecule has 1 unspecified atom stereocenters. The van der Waals surface area contributed by atoms with Crippen LogP contribution in [-0.4, -0.2) is 10.9 Å². The molecule has 1 aliphatic carbocycles. The molecule has 3 nitrogen and oxygen atoms in total. The number of fused-ring (bicyclic) bond motifs is 2. The highest BCUT2D eigenvalue weighted by atomic mass is 16.3. The van der Waals surface area contributed by atoms with Crippen molar-refractivity contribution in [3.8, 4) is 6.07 Å². The number of benzene rings is 2. The second-order valence-corrected chi connectivity index (χ2v) is 4.69. The average Bonchev–Trinajstić information content (AvgIpc) is 2.44. The van der Waals surface area contributed by atoms with Crippen molar-refractivity contribution in [2.24, 2.45) is 0 Å². The van der Waals surface area contributed by atoms with Gasteiger partial charge in [-0.15, -0.1) is 0 Å². The molecule has 1 aliphatic rings. The molecule has 0 saturated heterocycles. The molecular formula is C16H11NO2. The lowest BCUT2D eigenvalue weighted by Gasteiger charge is -2.31. The molecule has 0 aliphatic heterocycles. The van der Waals surface area contributed by atoms with Gasteiger partial charge < -0.3 is 5.11 Å². The largest absolute Gasteiger partial charge is 0.368 e. The summed E-state index contributed by atoms with van der Waals surface area (Å²) >= 11 is 0. The van der Waals surface area contributed by atoms with E-state index in [1.807, 2.05) is 6.07 Å². The van der Waals surface area contributed by atoms with Gasteiger partial charge in [0.2, 0.25) is 5.60 Å². The number of hydrogen-bond acceptors (Lipinski definition) is 3. The molecule has 3 heteroatoms. The molecule has 0 saturated carbocycles. The Hall–Kier alpha value is -2.44. The molecule has 2 aromatic rings. The Balaban J connectivity index is 2.46. The summed E-state index contributed by atoms with van der Waals surface area (Å²) in [6, 6.07) is 13.9. The quantitative estimate of drug-likeness (QED) is 0.729. The Morgan fingerprint density at radius 1 is 1.11 bits per heavy atom. The van der Waals surface area contributed by atoms with Crippen LogP contribution >= 0.6 is 0 Å². The first-order valence-electron chi connectivity index (χ1n) is 5.97. The SMILES string of the molecule is Cc1cccc2c1C(O)(C#N)c1ccccc1C2=O. The Labute approximate surface area is 110 Å². The number of nitrogens with zero attached hydrogens (tertiary/aromatic N) is 1. The van der Waals surface area contributed by atoms with E-state index >= 15 is 0 Å². The van der Waals surface area contributed by atoms with Crippen molar-refractivity contribution in [3.05, 3.63) is 70.3 Å². The number of hydrogen-bond donors (Lipinski definition) is 1. The minimum absolute atomic E-state index is 0.144. The molecule has 0 fully saturated rings. The van der Waals surface area contributed by atoms with Gasteiger partial charge in [0.1, 0.15) is 6.07 Å². The summed E-state index contributed by atoms with van der Waals surface area (Å²) in [5.41, 5.74) is 0.549. The molecule has 19 heavy (non-hydrogen) atoms. The summed E-state index contributed by atoms with van der Waals surface area (Å²) in [5.74, 6) is -0.144. The van der Waals surface area contributed by atoms with E-state index in [0.717, 1.165) is 5.56 Å². The van der Waals surface area contributed by atoms with Crippen LogP contribution in [0.3, 0.4) is 0 Å². The molecule has 0 radical (unpaired) electrons. The summed E-state index contributed by atoms with van der Waals surface area (Å²) in [7, 11) is 0. The van der Waals surface area contributed by atoms with E-state index < -0.39 is 5.60 Å². The number of ketones is 1. The van der Waals surface area contributed by atoms with E-state index in [4.69, 9.17) is 0 Å². The third kappa shape index (κ3) is 1.38. The van der Waals surface area contributed by atoms with Gasteiger partial charge in [-0.25, -0.2) is 0 Å². The van der Waals surface area contributed by atoms with Crippen LogP contribution in [0.1, 0.15) is 32.6 Å². The van der Waals surface area contributed by atoms with E-state index in [0.29, 0.717) is 22.3 Å².